The van der Waals surface area contributed by atoms with E-state index >= 15 is 0 Å². The van der Waals surface area contributed by atoms with Gasteiger partial charge in [-0.2, -0.15) is 0 Å². The van der Waals surface area contributed by atoms with Crippen LogP contribution < -0.4 is 20.4 Å². The molecule has 32 heavy (non-hydrogen) atoms. The quantitative estimate of drug-likeness (QED) is 0.723. The molecule has 8 nitrogen and oxygen atoms in total. The van der Waals surface area contributed by atoms with E-state index in [1.165, 1.54) is 11.8 Å². The summed E-state index contributed by atoms with van der Waals surface area (Å²) in [5.74, 6) is -2.56. The van der Waals surface area contributed by atoms with E-state index in [9.17, 15) is 19.2 Å². The molecule has 3 heterocycles. The highest BCUT2D eigenvalue weighted by Crippen LogP contribution is 2.55. The number of rotatable bonds is 3. The first-order valence-electron chi connectivity index (χ1n) is 10.7. The Kier molecular flexibility index (Phi) is 4.46. The number of amides is 4. The Hall–Kier alpha value is -3.52. The molecule has 1 spiro atoms. The van der Waals surface area contributed by atoms with Crippen molar-refractivity contribution in [1.29, 1.82) is 0 Å². The van der Waals surface area contributed by atoms with Crippen molar-refractivity contribution in [3.63, 3.8) is 0 Å². The predicted molar refractivity (Wildman–Crippen MR) is 119 cm³/mol. The number of para-hydroxylation sites is 1. The van der Waals surface area contributed by atoms with Gasteiger partial charge >= 0.3 is 0 Å². The van der Waals surface area contributed by atoms with Gasteiger partial charge in [-0.05, 0) is 36.8 Å². The van der Waals surface area contributed by atoms with Gasteiger partial charge in [-0.15, -0.1) is 0 Å². The third-order valence-electron chi connectivity index (χ3n) is 6.88. The van der Waals surface area contributed by atoms with E-state index in [1.54, 1.807) is 36.2 Å². The van der Waals surface area contributed by atoms with E-state index < -0.39 is 17.4 Å². The Morgan fingerprint density at radius 2 is 1.75 bits per heavy atom. The number of carbonyl (C=O) groups is 4. The zero-order valence-corrected chi connectivity index (χ0v) is 18.1. The lowest BCUT2D eigenvalue weighted by atomic mass is 9.76. The third-order valence-corrected chi connectivity index (χ3v) is 6.88. The molecular weight excluding hydrogens is 408 g/mol. The maximum absolute atomic E-state index is 13.8. The van der Waals surface area contributed by atoms with Crippen LogP contribution in [-0.4, -0.2) is 36.7 Å². The maximum atomic E-state index is 13.8. The van der Waals surface area contributed by atoms with Gasteiger partial charge in [0.15, 0.2) is 0 Å². The summed E-state index contributed by atoms with van der Waals surface area (Å²) < 4.78 is 0. The molecule has 5 rings (SSSR count). The fraction of sp³-hybridized carbons (Fsp3) is 0.333. The van der Waals surface area contributed by atoms with Gasteiger partial charge in [0.05, 0.1) is 17.5 Å². The molecule has 0 aromatic heterocycles. The predicted octanol–water partition coefficient (Wildman–Crippen LogP) is 2.00. The zero-order valence-electron chi connectivity index (χ0n) is 18.1. The van der Waals surface area contributed by atoms with Crippen molar-refractivity contribution in [3.05, 3.63) is 54.1 Å². The Morgan fingerprint density at radius 1 is 1.06 bits per heavy atom. The van der Waals surface area contributed by atoms with Crippen LogP contribution in [0.2, 0.25) is 0 Å². The minimum Gasteiger partial charge on any atom is -0.326 e. The minimum absolute atomic E-state index is 0.207. The molecule has 0 saturated carbocycles. The Morgan fingerprint density at radius 3 is 2.41 bits per heavy atom. The molecule has 0 bridgehead atoms. The van der Waals surface area contributed by atoms with E-state index in [4.69, 9.17) is 0 Å². The number of hydrogen-bond donors (Lipinski definition) is 2. The first-order valence-corrected chi connectivity index (χ1v) is 10.7. The second-order valence-electron chi connectivity index (χ2n) is 8.59. The Bertz CT molecular complexity index is 1160. The van der Waals surface area contributed by atoms with Crippen LogP contribution in [0.1, 0.15) is 25.8 Å². The molecule has 0 radical (unpaired) electrons. The molecule has 3 aliphatic heterocycles. The van der Waals surface area contributed by atoms with Crippen LogP contribution >= 0.6 is 0 Å². The number of nitrogens with zero attached hydrogens (tertiary/aromatic N) is 2. The molecule has 0 unspecified atom stereocenters. The number of imide groups is 1. The standard InChI is InChI=1S/C24H24N4O4/c1-4-17-19-20(24(26-17)16-7-5-6-8-18(16)27(3)23(24)32)22(31)28(21(19)30)15-11-9-14(10-12-15)25-13(2)29/h5-12,17,19-20,26H,4H2,1-3H3,(H,25,29)/t17-,19-,20-,24-/m0/s1. The Labute approximate surface area is 185 Å². The number of hydrogen-bond acceptors (Lipinski definition) is 5. The largest absolute Gasteiger partial charge is 0.326 e. The first-order chi connectivity index (χ1) is 15.3. The van der Waals surface area contributed by atoms with Crippen LogP contribution in [-0.2, 0) is 24.7 Å². The number of carbonyl (C=O) groups excluding carboxylic acids is 4. The molecule has 4 amide bonds. The van der Waals surface area contributed by atoms with Gasteiger partial charge in [0.2, 0.25) is 17.7 Å². The van der Waals surface area contributed by atoms with Crippen LogP contribution in [0.15, 0.2) is 48.5 Å². The molecule has 2 aromatic rings. The van der Waals surface area contributed by atoms with Gasteiger partial charge in [0.25, 0.3) is 5.91 Å². The molecule has 0 aliphatic carbocycles. The topological polar surface area (TPSA) is 98.8 Å². The van der Waals surface area contributed by atoms with Gasteiger partial charge in [0.1, 0.15) is 5.54 Å². The summed E-state index contributed by atoms with van der Waals surface area (Å²) in [7, 11) is 1.70. The lowest BCUT2D eigenvalue weighted by molar-refractivity contribution is -0.131. The summed E-state index contributed by atoms with van der Waals surface area (Å²) >= 11 is 0. The molecular formula is C24H24N4O4. The fourth-order valence-electron chi connectivity index (χ4n) is 5.56. The Balaban J connectivity index is 1.60. The van der Waals surface area contributed by atoms with Crippen molar-refractivity contribution < 1.29 is 19.2 Å². The molecule has 2 fully saturated rings. The number of fused-ring (bicyclic) bond motifs is 4. The van der Waals surface area contributed by atoms with Crippen molar-refractivity contribution in [2.24, 2.45) is 11.8 Å². The summed E-state index contributed by atoms with van der Waals surface area (Å²) in [6, 6.07) is 13.7. The highest BCUT2D eigenvalue weighted by Gasteiger charge is 2.71. The van der Waals surface area contributed by atoms with Crippen LogP contribution in [0.3, 0.4) is 0 Å². The lowest BCUT2D eigenvalue weighted by Gasteiger charge is -2.30. The van der Waals surface area contributed by atoms with Crippen molar-refractivity contribution in [2.45, 2.75) is 31.8 Å². The van der Waals surface area contributed by atoms with Crippen molar-refractivity contribution in [2.75, 3.05) is 22.2 Å². The second-order valence-corrected chi connectivity index (χ2v) is 8.59. The summed E-state index contributed by atoms with van der Waals surface area (Å²) in [5.41, 5.74) is 1.24. The molecule has 2 saturated heterocycles. The van der Waals surface area contributed by atoms with E-state index in [0.29, 0.717) is 17.8 Å². The number of anilines is 3. The second kappa shape index (κ2) is 7.00. The molecule has 2 N–H and O–H groups in total. The molecule has 8 heteroatoms. The van der Waals surface area contributed by atoms with Crippen LogP contribution in [0.25, 0.3) is 0 Å². The highest BCUT2D eigenvalue weighted by atomic mass is 16.2. The average Bonchev–Trinajstić information content (AvgIpc) is 3.34. The zero-order chi connectivity index (χ0) is 22.8. The smallest absolute Gasteiger partial charge is 0.252 e. The minimum atomic E-state index is -1.26. The molecule has 4 atom stereocenters. The van der Waals surface area contributed by atoms with E-state index in [0.717, 1.165) is 11.3 Å². The summed E-state index contributed by atoms with van der Waals surface area (Å²) in [6.45, 7) is 3.36. The number of benzene rings is 2. The van der Waals surface area contributed by atoms with Crippen LogP contribution in [0.4, 0.5) is 17.1 Å². The van der Waals surface area contributed by atoms with E-state index in [2.05, 4.69) is 10.6 Å². The first kappa shape index (κ1) is 20.4. The molecule has 164 valence electrons. The van der Waals surface area contributed by atoms with E-state index in [-0.39, 0.29) is 29.7 Å². The van der Waals surface area contributed by atoms with Gasteiger partial charge in [-0.1, -0.05) is 25.1 Å². The maximum Gasteiger partial charge on any atom is 0.252 e. The van der Waals surface area contributed by atoms with Crippen LogP contribution in [0, 0.1) is 11.8 Å². The molecule has 2 aromatic carbocycles. The summed E-state index contributed by atoms with van der Waals surface area (Å²) in [4.78, 5) is 54.9. The third kappa shape index (κ3) is 2.53. The van der Waals surface area contributed by atoms with Crippen molar-refractivity contribution >= 4 is 40.7 Å². The summed E-state index contributed by atoms with van der Waals surface area (Å²) in [6.07, 6.45) is 0.608. The van der Waals surface area contributed by atoms with Crippen molar-refractivity contribution in [1.82, 2.24) is 5.32 Å². The highest BCUT2D eigenvalue weighted by molar-refractivity contribution is 6.26. The normalized spacial score (nSPS) is 28.5. The summed E-state index contributed by atoms with van der Waals surface area (Å²) in [5, 5.41) is 6.09. The monoisotopic (exact) mass is 432 g/mol. The van der Waals surface area contributed by atoms with Crippen LogP contribution in [0.5, 0.6) is 0 Å². The van der Waals surface area contributed by atoms with Gasteiger partial charge in [0, 0.05) is 37.0 Å². The number of likely N-dealkylation sites (N-methyl/N-ethyl adjacent to an activating group) is 1. The van der Waals surface area contributed by atoms with Gasteiger partial charge in [-0.3, -0.25) is 24.5 Å². The fourth-order valence-corrected chi connectivity index (χ4v) is 5.56. The van der Waals surface area contributed by atoms with E-state index in [1.807, 2.05) is 31.2 Å². The van der Waals surface area contributed by atoms with Gasteiger partial charge in [-0.25, -0.2) is 4.90 Å². The SMILES string of the molecule is CC[C@@H]1N[C@]2(C(=O)N(C)c3ccccc32)[C@@H]2C(=O)N(c3ccc(NC(C)=O)cc3)C(=O)[C@@H]12. The lowest BCUT2D eigenvalue weighted by Crippen LogP contribution is -2.54. The van der Waals surface area contributed by atoms with Crippen molar-refractivity contribution in [3.8, 4) is 0 Å². The average molecular weight is 432 g/mol. The number of nitrogens with one attached hydrogen (secondary N) is 2. The van der Waals surface area contributed by atoms with Gasteiger partial charge < -0.3 is 10.2 Å². The molecule has 3 aliphatic rings.